The van der Waals surface area contributed by atoms with E-state index in [1.165, 1.54) is 22.9 Å². The molecule has 0 aromatic carbocycles. The molecule has 2 heteroatoms. The van der Waals surface area contributed by atoms with Gasteiger partial charge in [0.25, 0.3) is 0 Å². The summed E-state index contributed by atoms with van der Waals surface area (Å²) in [4.78, 5) is 0. The van der Waals surface area contributed by atoms with Gasteiger partial charge in [0, 0.05) is 8.41 Å². The van der Waals surface area contributed by atoms with Crippen molar-refractivity contribution in [2.24, 2.45) is 5.92 Å². The summed E-state index contributed by atoms with van der Waals surface area (Å²) in [6.45, 7) is 6.80. The molecule has 0 fully saturated rings. The van der Waals surface area contributed by atoms with Gasteiger partial charge in [0.2, 0.25) is 0 Å². The first-order chi connectivity index (χ1) is 6.04. The van der Waals surface area contributed by atoms with Crippen LogP contribution < -0.4 is 0 Å². The second-order valence-corrected chi connectivity index (χ2v) is 6.47. The van der Waals surface area contributed by atoms with Crippen LogP contribution >= 0.6 is 38.5 Å². The number of halogens is 2. The average molecular weight is 355 g/mol. The Bertz CT molecular complexity index is 249. The summed E-state index contributed by atoms with van der Waals surface area (Å²) < 4.78 is 1.98. The van der Waals surface area contributed by atoms with E-state index in [9.17, 15) is 0 Å². The van der Waals surface area contributed by atoms with Gasteiger partial charge >= 0.3 is 0 Å². The van der Waals surface area contributed by atoms with Gasteiger partial charge in [-0.3, -0.25) is 0 Å². The van der Waals surface area contributed by atoms with Crippen LogP contribution in [0.3, 0.4) is 0 Å². The number of alkyl halides is 1. The van der Waals surface area contributed by atoms with E-state index in [2.05, 4.69) is 65.4 Å². The molecule has 1 aliphatic rings. The summed E-state index contributed by atoms with van der Waals surface area (Å²) >= 11 is 6.21. The maximum atomic E-state index is 3.73. The zero-order valence-corrected chi connectivity index (χ0v) is 12.1. The average Bonchev–Trinajstić information content (AvgIpc) is 2.03. The molecule has 74 valence electrons. The Balaban J connectivity index is 2.96. The van der Waals surface area contributed by atoms with Gasteiger partial charge in [-0.15, -0.1) is 0 Å². The molecule has 1 unspecified atom stereocenters. The lowest BCUT2D eigenvalue weighted by molar-refractivity contribution is 0.702. The first-order valence-electron chi connectivity index (χ1n) is 4.77. The first-order valence-corrected chi connectivity index (χ1v) is 6.81. The molecule has 0 aromatic heterocycles. The van der Waals surface area contributed by atoms with Crippen LogP contribution in [0.4, 0.5) is 0 Å². The molecule has 0 bridgehead atoms. The third kappa shape index (κ3) is 2.82. The van der Waals surface area contributed by atoms with E-state index < -0.39 is 0 Å². The summed E-state index contributed by atoms with van der Waals surface area (Å²) in [6, 6.07) is 0. The van der Waals surface area contributed by atoms with E-state index >= 15 is 0 Å². The molecule has 0 spiro atoms. The summed E-state index contributed by atoms with van der Waals surface area (Å²) in [5.74, 6) is 0.674. The van der Waals surface area contributed by atoms with Crippen molar-refractivity contribution >= 4 is 38.5 Å². The lowest BCUT2D eigenvalue weighted by Crippen LogP contribution is -2.07. The fraction of sp³-hybridized carbons (Fsp3) is 0.636. The highest BCUT2D eigenvalue weighted by Crippen LogP contribution is 2.37. The van der Waals surface area contributed by atoms with E-state index in [4.69, 9.17) is 0 Å². The number of rotatable bonds is 2. The zero-order valence-electron chi connectivity index (χ0n) is 8.40. The Labute approximate surface area is 103 Å². The lowest BCUT2D eigenvalue weighted by atomic mass is 9.91. The first kappa shape index (κ1) is 11.8. The molecule has 0 heterocycles. The SMILES string of the molecule is CC(C)C1=C(Br)C(C(C)I)=CCC1. The number of allylic oxidation sites excluding steroid dienone is 4. The van der Waals surface area contributed by atoms with Crippen LogP contribution in [0.15, 0.2) is 21.7 Å². The molecule has 0 N–H and O–H groups in total. The Kier molecular flexibility index (Phi) is 4.49. The van der Waals surface area contributed by atoms with E-state index in [-0.39, 0.29) is 0 Å². The Morgan fingerprint density at radius 1 is 1.38 bits per heavy atom. The molecule has 13 heavy (non-hydrogen) atoms. The summed E-state index contributed by atoms with van der Waals surface area (Å²) in [7, 11) is 0. The third-order valence-corrected chi connectivity index (χ3v) is 4.08. The molecule has 0 saturated heterocycles. The van der Waals surface area contributed by atoms with Crippen molar-refractivity contribution in [3.8, 4) is 0 Å². The summed E-state index contributed by atoms with van der Waals surface area (Å²) in [5.41, 5.74) is 3.07. The maximum absolute atomic E-state index is 3.73. The molecule has 1 aliphatic carbocycles. The normalized spacial score (nSPS) is 20.6. The largest absolute Gasteiger partial charge is 0.0788 e. The molecule has 0 aromatic rings. The quantitative estimate of drug-likeness (QED) is 0.492. The highest BCUT2D eigenvalue weighted by atomic mass is 127. The van der Waals surface area contributed by atoms with E-state index in [1.807, 2.05) is 0 Å². The smallest absolute Gasteiger partial charge is 0.0339 e. The fourth-order valence-corrected chi connectivity index (χ4v) is 3.80. The molecule has 1 rings (SSSR count). The van der Waals surface area contributed by atoms with E-state index in [0.29, 0.717) is 9.84 Å². The van der Waals surface area contributed by atoms with Crippen LogP contribution in [0, 0.1) is 5.92 Å². The Hall–Kier alpha value is 0.690. The summed E-state index contributed by atoms with van der Waals surface area (Å²) in [6.07, 6.45) is 4.81. The van der Waals surface area contributed by atoms with Crippen LogP contribution in [0.5, 0.6) is 0 Å². The predicted octanol–water partition coefficient (Wildman–Crippen LogP) is 4.84. The number of hydrogen-bond donors (Lipinski definition) is 0. The van der Waals surface area contributed by atoms with Crippen LogP contribution in [0.2, 0.25) is 0 Å². The predicted molar refractivity (Wildman–Crippen MR) is 71.6 cm³/mol. The lowest BCUT2D eigenvalue weighted by Gasteiger charge is -2.22. The maximum Gasteiger partial charge on any atom is 0.0339 e. The van der Waals surface area contributed by atoms with E-state index in [1.54, 1.807) is 5.57 Å². The Morgan fingerprint density at radius 2 is 2.00 bits per heavy atom. The Morgan fingerprint density at radius 3 is 2.46 bits per heavy atom. The topological polar surface area (TPSA) is 0 Å². The minimum atomic E-state index is 0.612. The van der Waals surface area contributed by atoms with Crippen LogP contribution in [-0.4, -0.2) is 3.92 Å². The molecule has 0 aliphatic heterocycles. The second-order valence-electron chi connectivity index (χ2n) is 3.81. The molecule has 0 amide bonds. The van der Waals surface area contributed by atoms with Crippen LogP contribution in [-0.2, 0) is 0 Å². The van der Waals surface area contributed by atoms with Crippen molar-refractivity contribution in [2.75, 3.05) is 0 Å². The van der Waals surface area contributed by atoms with Crippen molar-refractivity contribution in [3.05, 3.63) is 21.7 Å². The van der Waals surface area contributed by atoms with Crippen LogP contribution in [0.25, 0.3) is 0 Å². The van der Waals surface area contributed by atoms with Crippen molar-refractivity contribution < 1.29 is 0 Å². The van der Waals surface area contributed by atoms with Crippen molar-refractivity contribution in [1.82, 2.24) is 0 Å². The highest BCUT2D eigenvalue weighted by Gasteiger charge is 2.18. The van der Waals surface area contributed by atoms with Gasteiger partial charge in [-0.1, -0.05) is 64.0 Å². The van der Waals surface area contributed by atoms with Crippen molar-refractivity contribution in [3.63, 3.8) is 0 Å². The monoisotopic (exact) mass is 354 g/mol. The van der Waals surface area contributed by atoms with Gasteiger partial charge in [-0.2, -0.15) is 0 Å². The minimum absolute atomic E-state index is 0.612. The molecule has 0 radical (unpaired) electrons. The number of hydrogen-bond acceptors (Lipinski definition) is 0. The van der Waals surface area contributed by atoms with E-state index in [0.717, 1.165) is 0 Å². The fourth-order valence-electron chi connectivity index (χ4n) is 1.65. The van der Waals surface area contributed by atoms with Crippen LogP contribution in [0.1, 0.15) is 33.6 Å². The van der Waals surface area contributed by atoms with Gasteiger partial charge in [0.05, 0.1) is 0 Å². The zero-order chi connectivity index (χ0) is 10.0. The molecular formula is C11H16BrI. The molecular weight excluding hydrogens is 339 g/mol. The molecule has 0 saturated carbocycles. The van der Waals surface area contributed by atoms with Crippen molar-refractivity contribution in [1.29, 1.82) is 0 Å². The molecule has 0 nitrogen and oxygen atoms in total. The minimum Gasteiger partial charge on any atom is -0.0788 e. The van der Waals surface area contributed by atoms with Gasteiger partial charge in [-0.25, -0.2) is 0 Å². The van der Waals surface area contributed by atoms with Gasteiger partial charge in [0.1, 0.15) is 0 Å². The highest BCUT2D eigenvalue weighted by molar-refractivity contribution is 14.1. The standard InChI is InChI=1S/C11H16BrI/c1-7(2)9-5-4-6-10(8(3)13)11(9)12/h6-8H,4-5H2,1-3H3. The van der Waals surface area contributed by atoms with Gasteiger partial charge in [-0.05, 0) is 31.3 Å². The third-order valence-electron chi connectivity index (χ3n) is 2.44. The van der Waals surface area contributed by atoms with Gasteiger partial charge < -0.3 is 0 Å². The van der Waals surface area contributed by atoms with Gasteiger partial charge in [0.15, 0.2) is 0 Å². The molecule has 1 atom stereocenters. The second kappa shape index (κ2) is 4.96. The van der Waals surface area contributed by atoms with Crippen molar-refractivity contribution in [2.45, 2.75) is 37.5 Å². The summed E-state index contributed by atoms with van der Waals surface area (Å²) in [5, 5.41) is 0.